The zero-order chi connectivity index (χ0) is 21.9. The highest BCUT2D eigenvalue weighted by atomic mass is 19.4. The summed E-state index contributed by atoms with van der Waals surface area (Å²) in [5, 5.41) is 10.1. The summed E-state index contributed by atoms with van der Waals surface area (Å²) in [7, 11) is 2.05. The summed E-state index contributed by atoms with van der Waals surface area (Å²) in [5.41, 5.74) is -0.975. The van der Waals surface area contributed by atoms with E-state index in [0.29, 0.717) is 28.7 Å². The molecule has 0 bridgehead atoms. The summed E-state index contributed by atoms with van der Waals surface area (Å²) in [5.74, 6) is 0. The highest BCUT2D eigenvalue weighted by Crippen LogP contribution is 2.75. The number of nitriles is 1. The zero-order valence-electron chi connectivity index (χ0n) is 17.5. The average molecular weight is 430 g/mol. The molecule has 3 heterocycles. The van der Waals surface area contributed by atoms with E-state index >= 15 is 0 Å². The van der Waals surface area contributed by atoms with E-state index in [4.69, 9.17) is 4.74 Å². The Morgan fingerprint density at radius 3 is 2.71 bits per heavy atom. The molecular formula is C23H25F3N4O. The van der Waals surface area contributed by atoms with Crippen molar-refractivity contribution in [1.29, 1.82) is 5.26 Å². The Morgan fingerprint density at radius 1 is 1.23 bits per heavy atom. The summed E-state index contributed by atoms with van der Waals surface area (Å²) in [6, 6.07) is 9.10. The Hall–Kier alpha value is -2.37. The van der Waals surface area contributed by atoms with Crippen LogP contribution in [-0.4, -0.2) is 62.0 Å². The maximum atomic E-state index is 14.2. The zero-order valence-corrected chi connectivity index (χ0v) is 17.5. The van der Waals surface area contributed by atoms with Gasteiger partial charge in [-0.2, -0.15) is 18.4 Å². The number of pyridine rings is 1. The summed E-state index contributed by atoms with van der Waals surface area (Å²) in [6.45, 7) is 2.19. The molecule has 0 spiro atoms. The van der Waals surface area contributed by atoms with Gasteiger partial charge >= 0.3 is 6.18 Å². The number of halogens is 3. The van der Waals surface area contributed by atoms with Crippen molar-refractivity contribution in [3.63, 3.8) is 0 Å². The lowest BCUT2D eigenvalue weighted by Crippen LogP contribution is -2.37. The standard InChI is InChI=1S/C23H25F3N4O/c1-29-9-6-17(7-10-29)31-15-21-12-22(21,23(24,25)26)14-30(13-21)19-5-4-16(11-27)20-18(19)3-2-8-28-20/h2-5,8,17H,6-7,9-10,12-15H2,1H3. The molecule has 1 saturated carbocycles. The molecule has 1 aromatic carbocycles. The molecule has 2 atom stereocenters. The molecule has 2 aliphatic heterocycles. The number of alkyl halides is 3. The number of aromatic nitrogens is 1. The molecule has 2 aromatic rings. The van der Waals surface area contributed by atoms with E-state index in [1.807, 2.05) is 11.0 Å². The quantitative estimate of drug-likeness (QED) is 0.735. The maximum absolute atomic E-state index is 14.2. The molecule has 1 aliphatic carbocycles. The molecule has 1 aromatic heterocycles. The second-order valence-electron chi connectivity index (χ2n) is 9.35. The van der Waals surface area contributed by atoms with Crippen LogP contribution >= 0.6 is 0 Å². The number of likely N-dealkylation sites (tertiary alicyclic amines) is 1. The average Bonchev–Trinajstić information content (AvgIpc) is 3.28. The molecule has 0 radical (unpaired) electrons. The molecule has 3 fully saturated rings. The molecule has 2 unspecified atom stereocenters. The molecular weight excluding hydrogens is 405 g/mol. The minimum absolute atomic E-state index is 0.0334. The first-order valence-electron chi connectivity index (χ1n) is 10.7. The molecule has 5 nitrogen and oxygen atoms in total. The maximum Gasteiger partial charge on any atom is 0.396 e. The van der Waals surface area contributed by atoms with Crippen molar-refractivity contribution in [3.05, 3.63) is 36.0 Å². The van der Waals surface area contributed by atoms with Crippen LogP contribution in [0.3, 0.4) is 0 Å². The van der Waals surface area contributed by atoms with E-state index in [1.54, 1.807) is 24.4 Å². The number of ether oxygens (including phenoxy) is 1. The second-order valence-corrected chi connectivity index (χ2v) is 9.35. The van der Waals surface area contributed by atoms with E-state index in [2.05, 4.69) is 23.0 Å². The first-order valence-corrected chi connectivity index (χ1v) is 10.7. The molecule has 3 aliphatic rings. The lowest BCUT2D eigenvalue weighted by molar-refractivity contribution is -0.194. The first kappa shape index (κ1) is 20.5. The SMILES string of the molecule is CN1CCC(OCC23CN(c4ccc(C#N)c5ncccc45)CC2(C(F)(F)F)C3)CC1. The third-order valence-electron chi connectivity index (χ3n) is 7.50. The highest BCUT2D eigenvalue weighted by Gasteiger charge is 2.83. The number of rotatable bonds is 4. The third-order valence-corrected chi connectivity index (χ3v) is 7.50. The lowest BCUT2D eigenvalue weighted by Gasteiger charge is -2.30. The van der Waals surface area contributed by atoms with Gasteiger partial charge in [0.25, 0.3) is 0 Å². The second kappa shape index (κ2) is 7.07. The molecule has 31 heavy (non-hydrogen) atoms. The lowest BCUT2D eigenvalue weighted by atomic mass is 9.96. The summed E-state index contributed by atoms with van der Waals surface area (Å²) in [4.78, 5) is 8.34. The number of piperidine rings is 2. The minimum atomic E-state index is -4.28. The molecule has 0 amide bonds. The highest BCUT2D eigenvalue weighted by molar-refractivity contribution is 5.95. The van der Waals surface area contributed by atoms with Gasteiger partial charge in [-0.3, -0.25) is 4.98 Å². The van der Waals surface area contributed by atoms with Crippen molar-refractivity contribution in [1.82, 2.24) is 9.88 Å². The van der Waals surface area contributed by atoms with Crippen molar-refractivity contribution >= 4 is 16.6 Å². The van der Waals surface area contributed by atoms with Crippen LogP contribution < -0.4 is 4.90 Å². The fraction of sp³-hybridized carbons (Fsp3) is 0.565. The predicted molar refractivity (Wildman–Crippen MR) is 111 cm³/mol. The Labute approximate surface area is 179 Å². The van der Waals surface area contributed by atoms with Gasteiger partial charge < -0.3 is 14.5 Å². The minimum Gasteiger partial charge on any atom is -0.377 e. The molecule has 164 valence electrons. The van der Waals surface area contributed by atoms with Crippen LogP contribution in [0.4, 0.5) is 18.9 Å². The van der Waals surface area contributed by atoms with Gasteiger partial charge in [-0.25, -0.2) is 0 Å². The van der Waals surface area contributed by atoms with Gasteiger partial charge in [-0.15, -0.1) is 0 Å². The van der Waals surface area contributed by atoms with Crippen LogP contribution in [0.2, 0.25) is 0 Å². The van der Waals surface area contributed by atoms with E-state index in [0.717, 1.165) is 25.9 Å². The van der Waals surface area contributed by atoms with E-state index in [1.165, 1.54) is 0 Å². The number of anilines is 1. The predicted octanol–water partition coefficient (Wildman–Crippen LogP) is 3.98. The number of hydrogen-bond acceptors (Lipinski definition) is 5. The van der Waals surface area contributed by atoms with Crippen LogP contribution in [-0.2, 0) is 4.74 Å². The molecule has 5 rings (SSSR count). The van der Waals surface area contributed by atoms with Crippen LogP contribution in [0.5, 0.6) is 0 Å². The summed E-state index contributed by atoms with van der Waals surface area (Å²) < 4.78 is 48.8. The summed E-state index contributed by atoms with van der Waals surface area (Å²) >= 11 is 0. The van der Waals surface area contributed by atoms with Gasteiger partial charge in [0, 0.05) is 48.9 Å². The third kappa shape index (κ3) is 3.17. The normalized spacial score (nSPS) is 29.2. The van der Waals surface area contributed by atoms with E-state index in [-0.39, 0.29) is 25.7 Å². The van der Waals surface area contributed by atoms with Crippen molar-refractivity contribution in [2.75, 3.05) is 44.7 Å². The van der Waals surface area contributed by atoms with Gasteiger partial charge in [0.15, 0.2) is 0 Å². The molecule has 8 heteroatoms. The monoisotopic (exact) mass is 430 g/mol. The number of nitrogens with zero attached hydrogens (tertiary/aromatic N) is 4. The Balaban J connectivity index is 1.42. The van der Waals surface area contributed by atoms with Crippen LogP contribution in [0, 0.1) is 22.2 Å². The van der Waals surface area contributed by atoms with Crippen LogP contribution in [0.1, 0.15) is 24.8 Å². The van der Waals surface area contributed by atoms with Crippen LogP contribution in [0.15, 0.2) is 30.5 Å². The Kier molecular flexibility index (Phi) is 4.68. The van der Waals surface area contributed by atoms with Gasteiger partial charge in [0.1, 0.15) is 6.07 Å². The molecule has 2 saturated heterocycles. The first-order chi connectivity index (χ1) is 14.8. The fourth-order valence-corrected chi connectivity index (χ4v) is 5.56. The largest absolute Gasteiger partial charge is 0.396 e. The smallest absolute Gasteiger partial charge is 0.377 e. The van der Waals surface area contributed by atoms with Crippen molar-refractivity contribution in [2.24, 2.45) is 10.8 Å². The van der Waals surface area contributed by atoms with Crippen molar-refractivity contribution in [3.8, 4) is 6.07 Å². The van der Waals surface area contributed by atoms with Gasteiger partial charge in [0.05, 0.1) is 29.2 Å². The number of benzene rings is 1. The Bertz CT molecular complexity index is 1040. The van der Waals surface area contributed by atoms with E-state index in [9.17, 15) is 18.4 Å². The van der Waals surface area contributed by atoms with Gasteiger partial charge in [-0.1, -0.05) is 0 Å². The number of hydrogen-bond donors (Lipinski definition) is 0. The van der Waals surface area contributed by atoms with Gasteiger partial charge in [0.2, 0.25) is 0 Å². The Morgan fingerprint density at radius 2 is 2.00 bits per heavy atom. The van der Waals surface area contributed by atoms with Crippen LogP contribution in [0.25, 0.3) is 10.9 Å². The summed E-state index contributed by atoms with van der Waals surface area (Å²) in [6.07, 6.45) is -0.797. The van der Waals surface area contributed by atoms with E-state index < -0.39 is 17.0 Å². The van der Waals surface area contributed by atoms with Gasteiger partial charge in [-0.05, 0) is 50.6 Å². The van der Waals surface area contributed by atoms with Crippen molar-refractivity contribution in [2.45, 2.75) is 31.5 Å². The van der Waals surface area contributed by atoms with Crippen molar-refractivity contribution < 1.29 is 17.9 Å². The fourth-order valence-electron chi connectivity index (χ4n) is 5.56. The molecule has 0 N–H and O–H groups in total. The topological polar surface area (TPSA) is 52.4 Å². The number of fused-ring (bicyclic) bond motifs is 2.